The average molecular weight is 724 g/mol. The molecule has 244 valence electrons. The fourth-order valence-corrected chi connectivity index (χ4v) is 5.05. The number of carbonyl (C=O) groups excluding carboxylic acids is 3. The number of ether oxygens (including phenoxy) is 2. The average Bonchev–Trinajstić information content (AvgIpc) is 3.44. The van der Waals surface area contributed by atoms with Crippen molar-refractivity contribution in [3.63, 3.8) is 0 Å². The van der Waals surface area contributed by atoms with Gasteiger partial charge in [0.25, 0.3) is 0 Å². The van der Waals surface area contributed by atoms with E-state index >= 15 is 0 Å². The number of esters is 2. The van der Waals surface area contributed by atoms with E-state index < -0.39 is 16.8 Å². The molecule has 44 heavy (non-hydrogen) atoms. The van der Waals surface area contributed by atoms with Crippen LogP contribution in [0.2, 0.25) is 0 Å². The second kappa shape index (κ2) is 22.5. The van der Waals surface area contributed by atoms with Gasteiger partial charge in [-0.1, -0.05) is 30.3 Å². The van der Waals surface area contributed by atoms with Crippen LogP contribution in [-0.2, 0) is 29.5 Å². The van der Waals surface area contributed by atoms with Crippen molar-refractivity contribution in [1.82, 2.24) is 0 Å². The maximum absolute atomic E-state index is 12.0. The Morgan fingerprint density at radius 1 is 0.841 bits per heavy atom. The molecule has 0 aromatic heterocycles. The number of carbonyl (C=O) groups is 3. The van der Waals surface area contributed by atoms with Crippen LogP contribution in [-0.4, -0.2) is 57.1 Å². The van der Waals surface area contributed by atoms with Gasteiger partial charge in [-0.15, -0.1) is 0 Å². The molecule has 0 aliphatic heterocycles. The predicted octanol–water partition coefficient (Wildman–Crippen LogP) is 3.83. The van der Waals surface area contributed by atoms with Crippen molar-refractivity contribution >= 4 is 67.8 Å². The van der Waals surface area contributed by atoms with Gasteiger partial charge >= 0.3 is 35.0 Å². The molecular formula is C34H51BrMgO6S2. The number of rotatable bonds is 5. The topological polar surface area (TPSA) is 89.9 Å². The van der Waals surface area contributed by atoms with E-state index in [-0.39, 0.29) is 109 Å². The number of aliphatic hydroxyl groups is 1. The zero-order valence-electron chi connectivity index (χ0n) is 27.2. The Morgan fingerprint density at radius 3 is 1.75 bits per heavy atom. The fraction of sp³-hybridized carbons (Fsp3) is 0.559. The smallest absolute Gasteiger partial charge is 1.00 e. The van der Waals surface area contributed by atoms with Crippen molar-refractivity contribution in [2.24, 2.45) is 11.8 Å². The summed E-state index contributed by atoms with van der Waals surface area (Å²) in [5, 5.41) is 11.0. The largest absolute Gasteiger partial charge is 2.00 e. The molecule has 1 unspecified atom stereocenters. The summed E-state index contributed by atoms with van der Waals surface area (Å²) in [4.78, 5) is 34.7. The molecule has 1 N–H and O–H groups in total. The molecule has 2 aliphatic carbocycles. The maximum Gasteiger partial charge on any atom is 2.00 e. The molecule has 2 aliphatic rings. The van der Waals surface area contributed by atoms with Gasteiger partial charge in [0.05, 0.1) is 18.4 Å². The molecule has 2 saturated carbocycles. The molecule has 0 saturated heterocycles. The second-order valence-electron chi connectivity index (χ2n) is 12.6. The Bertz CT molecular complexity index is 1050. The number of ketones is 1. The summed E-state index contributed by atoms with van der Waals surface area (Å²) in [5.41, 5.74) is -0.900. The van der Waals surface area contributed by atoms with Crippen LogP contribution < -0.4 is 17.0 Å². The molecule has 3 atom stereocenters. The second-order valence-corrected chi connectivity index (χ2v) is 12.6. The van der Waals surface area contributed by atoms with Gasteiger partial charge in [-0.25, -0.2) is 0 Å². The Hall–Kier alpha value is -1.04. The third-order valence-electron chi connectivity index (χ3n) is 6.76. The Morgan fingerprint density at radius 2 is 1.34 bits per heavy atom. The summed E-state index contributed by atoms with van der Waals surface area (Å²) >= 11 is 0. The van der Waals surface area contributed by atoms with E-state index in [1.54, 1.807) is 0 Å². The van der Waals surface area contributed by atoms with Gasteiger partial charge in [0.15, 0.2) is 0 Å². The van der Waals surface area contributed by atoms with E-state index in [1.165, 1.54) is 0 Å². The van der Waals surface area contributed by atoms with Gasteiger partial charge in [-0.05, 0) is 79.2 Å². The van der Waals surface area contributed by atoms with Crippen molar-refractivity contribution in [1.29, 1.82) is 0 Å². The molecule has 10 heteroatoms. The summed E-state index contributed by atoms with van der Waals surface area (Å²) < 4.78 is 10.5. The monoisotopic (exact) mass is 722 g/mol. The number of Topliss-reactive ketones (excluding diaryl/α,β-unsaturated/α-hetero) is 1. The van der Waals surface area contributed by atoms with Crippen LogP contribution in [0.15, 0.2) is 60.7 Å². The molecule has 0 heterocycles. The van der Waals surface area contributed by atoms with E-state index in [0.29, 0.717) is 12.8 Å². The van der Waals surface area contributed by atoms with Gasteiger partial charge < -0.3 is 31.6 Å². The number of benzene rings is 2. The molecule has 4 rings (SSSR count). The molecular weight excluding hydrogens is 673 g/mol. The third-order valence-corrected chi connectivity index (χ3v) is 6.76. The van der Waals surface area contributed by atoms with Gasteiger partial charge in [-0.2, -0.15) is 63.4 Å². The van der Waals surface area contributed by atoms with E-state index in [4.69, 9.17) is 9.47 Å². The standard InChI is InChI=1S/C17H24O3.C11H18O3.C6H5.BrH.Mg.2H2S/c1-16(2,3)20-15(18)12-14-10-7-11-17(14,19)13-8-5-4-6-9-13;1-11(2,3)14-10(13)7-8-5-4-6-9(8)12;1-2-4-6-5-3-1;;;;/h4-6,8-9,14,19H,7,10-12H2,1-3H3;8H,4-7H2,1-3H3;1-5H;1H;;2*1H2/q;;-1;;+2;;/p-1/t14-,17?;8-;;;;;/m11...../s1. The summed E-state index contributed by atoms with van der Waals surface area (Å²) in [7, 11) is 0. The number of halogens is 1. The van der Waals surface area contributed by atoms with Crippen LogP contribution in [0.5, 0.6) is 0 Å². The van der Waals surface area contributed by atoms with Gasteiger partial charge in [-0.3, -0.25) is 14.4 Å². The molecule has 0 amide bonds. The first-order valence-electron chi connectivity index (χ1n) is 14.3. The maximum atomic E-state index is 12.0. The van der Waals surface area contributed by atoms with E-state index in [0.717, 1.165) is 31.2 Å². The zero-order valence-corrected chi connectivity index (χ0v) is 32.2. The first kappa shape index (κ1) is 47.4. The Labute approximate surface area is 305 Å². The van der Waals surface area contributed by atoms with Crippen LogP contribution in [0, 0.1) is 17.9 Å². The van der Waals surface area contributed by atoms with Crippen LogP contribution in [0.25, 0.3) is 0 Å². The molecule has 0 spiro atoms. The summed E-state index contributed by atoms with van der Waals surface area (Å²) in [5.74, 6) is -0.392. The summed E-state index contributed by atoms with van der Waals surface area (Å²) in [6.45, 7) is 11.1. The SMILES string of the molecule is CC(C)(C)OC(=O)C[C@H]1CCCC1(O)c1ccccc1.CC(C)(C)OC(=O)C[C@H]1CCCC1=O.S.S.[Br-].[Mg+2].[c-]1ccccc1. The minimum atomic E-state index is -0.891. The van der Waals surface area contributed by atoms with Crippen LogP contribution >= 0.6 is 27.0 Å². The third kappa shape index (κ3) is 18.2. The van der Waals surface area contributed by atoms with Gasteiger partial charge in [0.1, 0.15) is 17.0 Å². The number of hydrogen-bond acceptors (Lipinski definition) is 6. The normalized spacial score (nSPS) is 20.3. The zero-order chi connectivity index (χ0) is 29.8. The molecule has 6 nitrogen and oxygen atoms in total. The summed E-state index contributed by atoms with van der Waals surface area (Å²) in [6.07, 6.45) is 5.46. The molecule has 0 bridgehead atoms. The van der Waals surface area contributed by atoms with E-state index in [2.05, 4.69) is 6.07 Å². The van der Waals surface area contributed by atoms with Crippen molar-refractivity contribution in [2.75, 3.05) is 0 Å². The fourth-order valence-electron chi connectivity index (χ4n) is 5.05. The van der Waals surface area contributed by atoms with Crippen molar-refractivity contribution in [3.8, 4) is 0 Å². The quantitative estimate of drug-likeness (QED) is 0.287. The molecule has 0 radical (unpaired) electrons. The van der Waals surface area contributed by atoms with Crippen molar-refractivity contribution in [3.05, 3.63) is 72.3 Å². The minimum Gasteiger partial charge on any atom is -1.00 e. The first-order valence-corrected chi connectivity index (χ1v) is 14.3. The number of hydrogen-bond donors (Lipinski definition) is 1. The first-order chi connectivity index (χ1) is 18.7. The van der Waals surface area contributed by atoms with Crippen LogP contribution in [0.1, 0.15) is 98.5 Å². The van der Waals surface area contributed by atoms with Gasteiger partial charge in [0.2, 0.25) is 0 Å². The Kier molecular flexibility index (Phi) is 24.2. The van der Waals surface area contributed by atoms with E-state index in [9.17, 15) is 19.5 Å². The van der Waals surface area contributed by atoms with Crippen LogP contribution in [0.4, 0.5) is 0 Å². The van der Waals surface area contributed by atoms with Crippen molar-refractivity contribution in [2.45, 2.75) is 110 Å². The predicted molar refractivity (Wildman–Crippen MR) is 183 cm³/mol. The minimum absolute atomic E-state index is 0. The molecule has 2 aromatic rings. The molecule has 2 fully saturated rings. The molecule has 2 aromatic carbocycles. The van der Waals surface area contributed by atoms with Crippen molar-refractivity contribution < 1.29 is 45.9 Å². The van der Waals surface area contributed by atoms with E-state index in [1.807, 2.05) is 102 Å². The van der Waals surface area contributed by atoms with Gasteiger partial charge in [0, 0.05) is 18.3 Å². The summed E-state index contributed by atoms with van der Waals surface area (Å²) in [6, 6.07) is 22.2. The van der Waals surface area contributed by atoms with Crippen LogP contribution in [0.3, 0.4) is 0 Å². The Balaban J connectivity index is -0.000000615.